The standard InChI is InChI=1S/C25H36N4O4/c30-23(15-27-10-7-18-3-1-2-4-20(18)14-27)13-26-25(32)28-11-8-19(9-12-28)24(31)29-21-5-6-22(29)17-33-16-21/h1-4,19,21-23,30H,5-17H2,(H,26,32)/t21?,22?,23-/m1/s1. The number of nitrogens with one attached hydrogen (secondary N) is 1. The smallest absolute Gasteiger partial charge is 0.317 e. The van der Waals surface area contributed by atoms with E-state index >= 15 is 0 Å². The maximum Gasteiger partial charge on any atom is 0.317 e. The van der Waals surface area contributed by atoms with Gasteiger partial charge in [-0.25, -0.2) is 4.79 Å². The van der Waals surface area contributed by atoms with Gasteiger partial charge in [0.2, 0.25) is 5.91 Å². The van der Waals surface area contributed by atoms with Gasteiger partial charge in [0.25, 0.3) is 0 Å². The van der Waals surface area contributed by atoms with Crippen molar-refractivity contribution in [1.82, 2.24) is 20.0 Å². The van der Waals surface area contributed by atoms with Crippen LogP contribution in [0.25, 0.3) is 0 Å². The lowest BCUT2D eigenvalue weighted by Crippen LogP contribution is -2.54. The summed E-state index contributed by atoms with van der Waals surface area (Å²) in [6.07, 6.45) is 3.90. The topological polar surface area (TPSA) is 85.3 Å². The molecule has 2 unspecified atom stereocenters. The van der Waals surface area contributed by atoms with Crippen LogP contribution in [0.1, 0.15) is 36.8 Å². The highest BCUT2D eigenvalue weighted by Crippen LogP contribution is 2.32. The number of ether oxygens (including phenoxy) is 1. The van der Waals surface area contributed by atoms with Crippen LogP contribution in [0.4, 0.5) is 4.79 Å². The molecule has 0 saturated carbocycles. The third-order valence-electron chi connectivity index (χ3n) is 7.79. The fourth-order valence-electron chi connectivity index (χ4n) is 5.92. The van der Waals surface area contributed by atoms with E-state index in [1.165, 1.54) is 11.1 Å². The Labute approximate surface area is 195 Å². The van der Waals surface area contributed by atoms with Crippen molar-refractivity contribution in [3.05, 3.63) is 35.4 Å². The largest absolute Gasteiger partial charge is 0.390 e. The van der Waals surface area contributed by atoms with Crippen molar-refractivity contribution in [2.24, 2.45) is 5.92 Å². The molecule has 4 aliphatic rings. The number of nitrogens with zero attached hydrogens (tertiary/aromatic N) is 3. The fourth-order valence-corrected chi connectivity index (χ4v) is 5.92. The van der Waals surface area contributed by atoms with Crippen LogP contribution in [0.3, 0.4) is 0 Å². The summed E-state index contributed by atoms with van der Waals surface area (Å²) in [4.78, 5) is 31.8. The number of fused-ring (bicyclic) bond motifs is 3. The van der Waals surface area contributed by atoms with Crippen LogP contribution in [-0.4, -0.2) is 95.9 Å². The summed E-state index contributed by atoms with van der Waals surface area (Å²) in [6, 6.07) is 8.79. The lowest BCUT2D eigenvalue weighted by atomic mass is 9.94. The molecule has 0 spiro atoms. The Morgan fingerprint density at radius 3 is 2.45 bits per heavy atom. The van der Waals surface area contributed by atoms with E-state index in [2.05, 4.69) is 39.4 Å². The molecule has 0 aliphatic carbocycles. The fraction of sp³-hybridized carbons (Fsp3) is 0.680. The van der Waals surface area contributed by atoms with Crippen molar-refractivity contribution in [3.63, 3.8) is 0 Å². The summed E-state index contributed by atoms with van der Waals surface area (Å²) in [7, 11) is 0. The minimum Gasteiger partial charge on any atom is -0.390 e. The number of morpholine rings is 1. The number of likely N-dealkylation sites (tertiary alicyclic amines) is 1. The number of amides is 3. The molecule has 180 valence electrons. The molecule has 4 heterocycles. The second-order valence-corrected chi connectivity index (χ2v) is 10.0. The van der Waals surface area contributed by atoms with Crippen molar-refractivity contribution in [3.8, 4) is 0 Å². The Hall–Kier alpha value is -2.16. The summed E-state index contributed by atoms with van der Waals surface area (Å²) in [5.74, 6) is 0.257. The molecule has 1 aromatic carbocycles. The first-order valence-corrected chi connectivity index (χ1v) is 12.5. The number of carbonyl (C=O) groups is 2. The molecule has 1 aromatic rings. The number of piperidine rings is 1. The first-order valence-electron chi connectivity index (χ1n) is 12.5. The van der Waals surface area contributed by atoms with Gasteiger partial charge in [0.05, 0.1) is 31.4 Å². The molecule has 3 fully saturated rings. The van der Waals surface area contributed by atoms with E-state index in [0.29, 0.717) is 45.7 Å². The zero-order valence-corrected chi connectivity index (χ0v) is 19.3. The molecule has 4 aliphatic heterocycles. The molecular weight excluding hydrogens is 420 g/mol. The quantitative estimate of drug-likeness (QED) is 0.696. The van der Waals surface area contributed by atoms with Gasteiger partial charge in [-0.2, -0.15) is 0 Å². The van der Waals surface area contributed by atoms with E-state index in [1.54, 1.807) is 4.90 Å². The minimum absolute atomic E-state index is 0.00261. The number of hydrogen-bond acceptors (Lipinski definition) is 5. The second-order valence-electron chi connectivity index (χ2n) is 10.0. The van der Waals surface area contributed by atoms with Crippen LogP contribution in [0, 0.1) is 5.92 Å². The normalized spacial score (nSPS) is 26.7. The number of β-amino-alcohol motifs (C(OH)–C–C–N with tert-alkyl or cyclic N) is 1. The van der Waals surface area contributed by atoms with Gasteiger partial charge in [-0.3, -0.25) is 9.69 Å². The van der Waals surface area contributed by atoms with E-state index < -0.39 is 6.10 Å². The van der Waals surface area contributed by atoms with Gasteiger partial charge < -0.3 is 25.0 Å². The molecule has 3 atom stereocenters. The van der Waals surface area contributed by atoms with Gasteiger partial charge in [-0.05, 0) is 43.2 Å². The van der Waals surface area contributed by atoms with E-state index in [0.717, 1.165) is 32.4 Å². The molecule has 2 bridgehead atoms. The molecule has 8 nitrogen and oxygen atoms in total. The highest BCUT2D eigenvalue weighted by Gasteiger charge is 2.43. The van der Waals surface area contributed by atoms with Crippen LogP contribution in [0.15, 0.2) is 24.3 Å². The van der Waals surface area contributed by atoms with Gasteiger partial charge in [-0.1, -0.05) is 24.3 Å². The Morgan fingerprint density at radius 1 is 1.03 bits per heavy atom. The monoisotopic (exact) mass is 456 g/mol. The molecule has 5 rings (SSSR count). The number of rotatable bonds is 5. The first kappa shape index (κ1) is 22.6. The number of carbonyl (C=O) groups excluding carboxylic acids is 2. The van der Waals surface area contributed by atoms with Crippen LogP contribution >= 0.6 is 0 Å². The average molecular weight is 457 g/mol. The molecular formula is C25H36N4O4. The Kier molecular flexibility index (Phi) is 6.85. The number of aliphatic hydroxyl groups excluding tert-OH is 1. The van der Waals surface area contributed by atoms with E-state index in [4.69, 9.17) is 4.74 Å². The number of aliphatic hydroxyl groups is 1. The molecule has 0 aromatic heterocycles. The molecule has 0 radical (unpaired) electrons. The van der Waals surface area contributed by atoms with Crippen molar-refractivity contribution >= 4 is 11.9 Å². The average Bonchev–Trinajstić information content (AvgIpc) is 3.10. The summed E-state index contributed by atoms with van der Waals surface area (Å²) in [5, 5.41) is 13.4. The lowest BCUT2D eigenvalue weighted by Gasteiger charge is -2.39. The van der Waals surface area contributed by atoms with Gasteiger partial charge in [0.15, 0.2) is 0 Å². The van der Waals surface area contributed by atoms with Crippen LogP contribution in [-0.2, 0) is 22.5 Å². The first-order chi connectivity index (χ1) is 16.1. The summed E-state index contributed by atoms with van der Waals surface area (Å²) >= 11 is 0. The molecule has 2 N–H and O–H groups in total. The molecule has 3 amide bonds. The van der Waals surface area contributed by atoms with Gasteiger partial charge in [0, 0.05) is 45.2 Å². The van der Waals surface area contributed by atoms with E-state index in [-0.39, 0.29) is 36.5 Å². The SMILES string of the molecule is O=C(NC[C@@H](O)CN1CCc2ccccc2C1)N1CCC(C(=O)N2C3CCC2COC3)CC1. The van der Waals surface area contributed by atoms with Crippen LogP contribution in [0.5, 0.6) is 0 Å². The second kappa shape index (κ2) is 9.99. The molecule has 33 heavy (non-hydrogen) atoms. The zero-order valence-electron chi connectivity index (χ0n) is 19.3. The minimum atomic E-state index is -0.602. The lowest BCUT2D eigenvalue weighted by molar-refractivity contribution is -0.146. The maximum atomic E-state index is 13.1. The van der Waals surface area contributed by atoms with Gasteiger partial charge in [0.1, 0.15) is 0 Å². The number of urea groups is 1. The molecule has 8 heteroatoms. The Bertz CT molecular complexity index is 841. The maximum absolute atomic E-state index is 13.1. The highest BCUT2D eigenvalue weighted by molar-refractivity contribution is 5.81. The predicted molar refractivity (Wildman–Crippen MR) is 124 cm³/mol. The summed E-state index contributed by atoms with van der Waals surface area (Å²) in [6.45, 7) is 5.05. The van der Waals surface area contributed by atoms with Crippen LogP contribution in [0.2, 0.25) is 0 Å². The van der Waals surface area contributed by atoms with Crippen molar-refractivity contribution in [2.45, 2.75) is 56.8 Å². The Morgan fingerprint density at radius 2 is 1.73 bits per heavy atom. The van der Waals surface area contributed by atoms with Crippen molar-refractivity contribution in [1.29, 1.82) is 0 Å². The van der Waals surface area contributed by atoms with Gasteiger partial charge in [-0.15, -0.1) is 0 Å². The van der Waals surface area contributed by atoms with Gasteiger partial charge >= 0.3 is 6.03 Å². The number of hydrogen-bond donors (Lipinski definition) is 2. The highest BCUT2D eigenvalue weighted by atomic mass is 16.5. The summed E-state index contributed by atoms with van der Waals surface area (Å²) in [5.41, 5.74) is 2.71. The van der Waals surface area contributed by atoms with Crippen LogP contribution < -0.4 is 5.32 Å². The van der Waals surface area contributed by atoms with E-state index in [1.807, 2.05) is 0 Å². The van der Waals surface area contributed by atoms with Crippen molar-refractivity contribution < 1.29 is 19.4 Å². The summed E-state index contributed by atoms with van der Waals surface area (Å²) < 4.78 is 5.60. The van der Waals surface area contributed by atoms with Crippen molar-refractivity contribution in [2.75, 3.05) is 45.9 Å². The molecule has 3 saturated heterocycles. The third-order valence-corrected chi connectivity index (χ3v) is 7.79. The Balaban J connectivity index is 1.03. The number of benzene rings is 1. The third kappa shape index (κ3) is 5.03. The van der Waals surface area contributed by atoms with E-state index in [9.17, 15) is 14.7 Å². The zero-order chi connectivity index (χ0) is 22.8. The predicted octanol–water partition coefficient (Wildman–Crippen LogP) is 1.22.